The second-order valence-electron chi connectivity index (χ2n) is 6.39. The van der Waals surface area contributed by atoms with Crippen LogP contribution < -0.4 is 10.1 Å². The van der Waals surface area contributed by atoms with E-state index in [-0.39, 0.29) is 18.1 Å². The van der Waals surface area contributed by atoms with Crippen LogP contribution in [0.15, 0.2) is 54.1 Å². The number of amides is 1. The predicted octanol–water partition coefficient (Wildman–Crippen LogP) is 5.74. The van der Waals surface area contributed by atoms with Crippen LogP contribution in [0.2, 0.25) is 0 Å². The largest absolute Gasteiger partial charge is 0.490 e. The molecule has 4 nitrogen and oxygen atoms in total. The molecule has 0 aliphatic rings. The van der Waals surface area contributed by atoms with E-state index < -0.39 is 5.82 Å². The molecule has 3 aromatic rings. The fourth-order valence-corrected chi connectivity index (χ4v) is 3.47. The van der Waals surface area contributed by atoms with Crippen molar-refractivity contribution in [2.24, 2.45) is 0 Å². The summed E-state index contributed by atoms with van der Waals surface area (Å²) in [4.78, 5) is 16.6. The quantitative estimate of drug-likeness (QED) is 0.369. The Hall–Kier alpha value is -2.73. The lowest BCUT2D eigenvalue weighted by molar-refractivity contribution is -0.115. The maximum atomic E-state index is 14.6. The van der Waals surface area contributed by atoms with Gasteiger partial charge in [0.2, 0.25) is 5.91 Å². The fraction of sp³-hybridized carbons (Fsp3) is 0.273. The van der Waals surface area contributed by atoms with Gasteiger partial charge in [0.25, 0.3) is 0 Å². The summed E-state index contributed by atoms with van der Waals surface area (Å²) >= 11 is 1.51. The fourth-order valence-electron chi connectivity index (χ4n) is 2.75. The summed E-state index contributed by atoms with van der Waals surface area (Å²) in [7, 11) is 0. The average molecular weight is 399 g/mol. The molecule has 1 N–H and O–H groups in total. The van der Waals surface area contributed by atoms with Crippen molar-refractivity contribution in [3.8, 4) is 5.75 Å². The van der Waals surface area contributed by atoms with Gasteiger partial charge in [0.05, 0.1) is 28.8 Å². The lowest BCUT2D eigenvalue weighted by atomic mass is 10.1. The maximum absolute atomic E-state index is 14.6. The van der Waals surface area contributed by atoms with Gasteiger partial charge < -0.3 is 10.1 Å². The number of hydrogen-bond acceptors (Lipinski definition) is 4. The minimum Gasteiger partial charge on any atom is -0.490 e. The van der Waals surface area contributed by atoms with E-state index in [2.05, 4.69) is 23.3 Å². The van der Waals surface area contributed by atoms with E-state index in [1.165, 1.54) is 11.3 Å². The monoisotopic (exact) mass is 398 g/mol. The van der Waals surface area contributed by atoms with E-state index in [0.717, 1.165) is 29.5 Å². The molecule has 3 rings (SSSR count). The van der Waals surface area contributed by atoms with Crippen LogP contribution in [0, 0.1) is 5.82 Å². The van der Waals surface area contributed by atoms with Gasteiger partial charge in [0.1, 0.15) is 0 Å². The molecule has 0 saturated carbocycles. The molecule has 6 heteroatoms. The molecule has 28 heavy (non-hydrogen) atoms. The summed E-state index contributed by atoms with van der Waals surface area (Å²) in [5.74, 6) is -0.573. The molecule has 0 radical (unpaired) electrons. The summed E-state index contributed by atoms with van der Waals surface area (Å²) < 4.78 is 21.2. The molecule has 0 unspecified atom stereocenters. The van der Waals surface area contributed by atoms with Crippen LogP contribution in [-0.4, -0.2) is 17.5 Å². The Labute approximate surface area is 168 Å². The van der Waals surface area contributed by atoms with Gasteiger partial charge in [0, 0.05) is 11.3 Å². The number of carbonyl (C=O) groups is 1. The predicted molar refractivity (Wildman–Crippen MR) is 113 cm³/mol. The molecule has 0 spiro atoms. The molecule has 0 fully saturated rings. The highest BCUT2D eigenvalue weighted by Crippen LogP contribution is 2.23. The Bertz CT molecular complexity index is 968. The molecule has 0 atom stereocenters. The number of benzene rings is 2. The molecule has 0 aliphatic heterocycles. The summed E-state index contributed by atoms with van der Waals surface area (Å²) in [5, 5.41) is 2.81. The maximum Gasteiger partial charge on any atom is 0.228 e. The van der Waals surface area contributed by atoms with Crippen molar-refractivity contribution in [2.75, 3.05) is 11.9 Å². The summed E-state index contributed by atoms with van der Waals surface area (Å²) in [6.45, 7) is 2.53. The number of hydrogen-bond donors (Lipinski definition) is 1. The Kier molecular flexibility index (Phi) is 7.14. The van der Waals surface area contributed by atoms with E-state index in [1.807, 2.05) is 18.2 Å². The van der Waals surface area contributed by atoms with E-state index in [9.17, 15) is 9.18 Å². The number of unbranched alkanes of at least 4 members (excludes halogenated alkanes) is 1. The van der Waals surface area contributed by atoms with Crippen LogP contribution in [-0.2, 0) is 11.2 Å². The Morgan fingerprint density at radius 1 is 1.25 bits per heavy atom. The number of halogens is 1. The van der Waals surface area contributed by atoms with Crippen LogP contribution in [0.1, 0.15) is 31.7 Å². The highest BCUT2D eigenvalue weighted by Gasteiger charge is 2.13. The van der Waals surface area contributed by atoms with Gasteiger partial charge in [-0.05, 0) is 37.1 Å². The first-order valence-electron chi connectivity index (χ1n) is 9.35. The zero-order chi connectivity index (χ0) is 19.8. The number of nitrogens with one attached hydrogen (secondary N) is 1. The lowest BCUT2D eigenvalue weighted by Gasteiger charge is -2.10. The van der Waals surface area contributed by atoms with E-state index in [0.29, 0.717) is 17.9 Å². The van der Waals surface area contributed by atoms with Gasteiger partial charge in [-0.3, -0.25) is 4.79 Å². The average Bonchev–Trinajstić information content (AvgIpc) is 3.15. The third-order valence-corrected chi connectivity index (χ3v) is 4.97. The van der Waals surface area contributed by atoms with Gasteiger partial charge >= 0.3 is 0 Å². The number of rotatable bonds is 9. The van der Waals surface area contributed by atoms with Crippen LogP contribution in [0.5, 0.6) is 5.75 Å². The van der Waals surface area contributed by atoms with Crippen molar-refractivity contribution < 1.29 is 13.9 Å². The molecule has 1 amide bonds. The minimum absolute atomic E-state index is 0.0554. The second-order valence-corrected chi connectivity index (χ2v) is 7.27. The van der Waals surface area contributed by atoms with Crippen LogP contribution in [0.4, 0.5) is 10.1 Å². The molecule has 0 aliphatic carbocycles. The molecule has 0 bridgehead atoms. The normalized spacial score (nSPS) is 11.2. The molecule has 1 aromatic heterocycles. The van der Waals surface area contributed by atoms with E-state index in [4.69, 9.17) is 4.74 Å². The third kappa shape index (κ3) is 5.39. The first kappa shape index (κ1) is 20.0. The number of ether oxygens (including phenoxy) is 1. The zero-order valence-electron chi connectivity index (χ0n) is 15.8. The number of allylic oxidation sites excluding steroid dienone is 1. The van der Waals surface area contributed by atoms with Crippen molar-refractivity contribution in [2.45, 2.75) is 32.6 Å². The Morgan fingerprint density at radius 2 is 2.11 bits per heavy atom. The van der Waals surface area contributed by atoms with E-state index in [1.54, 1.807) is 29.8 Å². The molecule has 0 saturated heterocycles. The van der Waals surface area contributed by atoms with Crippen LogP contribution in [0.3, 0.4) is 0 Å². The van der Waals surface area contributed by atoms with Gasteiger partial charge in [-0.2, -0.15) is 0 Å². The molecule has 1 heterocycles. The smallest absolute Gasteiger partial charge is 0.228 e. The summed E-state index contributed by atoms with van der Waals surface area (Å²) in [6, 6.07) is 10.4. The molecular formula is C22H23FN2O2S. The zero-order valence-corrected chi connectivity index (χ0v) is 16.6. The highest BCUT2D eigenvalue weighted by atomic mass is 32.1. The van der Waals surface area contributed by atoms with Crippen LogP contribution in [0.25, 0.3) is 10.2 Å². The van der Waals surface area contributed by atoms with Crippen molar-refractivity contribution in [1.29, 1.82) is 0 Å². The number of nitrogens with zero attached hydrogens (tertiary/aromatic N) is 1. The first-order valence-corrected chi connectivity index (χ1v) is 10.2. The van der Waals surface area contributed by atoms with Gasteiger partial charge in [-0.1, -0.05) is 37.6 Å². The molecule has 146 valence electrons. The van der Waals surface area contributed by atoms with Crippen molar-refractivity contribution in [3.05, 3.63) is 65.4 Å². The first-order chi connectivity index (χ1) is 13.7. The van der Waals surface area contributed by atoms with Crippen LogP contribution >= 0.6 is 11.3 Å². The van der Waals surface area contributed by atoms with Gasteiger partial charge in [-0.25, -0.2) is 9.37 Å². The number of aromatic nitrogens is 1. The SMILES string of the molecule is CCC/C=C/CCOc1cccc(CC(=O)Nc2ccc3ncsc3c2)c1F. The van der Waals surface area contributed by atoms with Gasteiger partial charge in [0.15, 0.2) is 11.6 Å². The Balaban J connectivity index is 1.57. The summed E-state index contributed by atoms with van der Waals surface area (Å²) in [6.07, 6.45) is 6.95. The van der Waals surface area contributed by atoms with Crippen molar-refractivity contribution in [1.82, 2.24) is 4.98 Å². The third-order valence-electron chi connectivity index (χ3n) is 4.17. The number of anilines is 1. The molecular weight excluding hydrogens is 375 g/mol. The van der Waals surface area contributed by atoms with E-state index >= 15 is 0 Å². The second kappa shape index (κ2) is 9.99. The topological polar surface area (TPSA) is 51.2 Å². The summed E-state index contributed by atoms with van der Waals surface area (Å²) in [5.41, 5.74) is 3.64. The Morgan fingerprint density at radius 3 is 2.96 bits per heavy atom. The van der Waals surface area contributed by atoms with Crippen molar-refractivity contribution >= 4 is 33.1 Å². The number of thiazole rings is 1. The van der Waals surface area contributed by atoms with Gasteiger partial charge in [-0.15, -0.1) is 11.3 Å². The minimum atomic E-state index is -0.479. The standard InChI is InChI=1S/C22H23FN2O2S/c1-2-3-4-5-6-12-27-19-9-7-8-16(22(19)23)13-21(26)25-17-10-11-18-20(14-17)28-15-24-18/h4-5,7-11,14-15H,2-3,6,12-13H2,1H3,(H,25,26)/b5-4+. The number of carbonyl (C=O) groups excluding carboxylic acids is 1. The lowest BCUT2D eigenvalue weighted by Crippen LogP contribution is -2.15. The van der Waals surface area contributed by atoms with Crippen molar-refractivity contribution in [3.63, 3.8) is 0 Å². The highest BCUT2D eigenvalue weighted by molar-refractivity contribution is 7.16. The number of fused-ring (bicyclic) bond motifs is 1. The molecule has 2 aromatic carbocycles.